The number of hydrogen-bond acceptors (Lipinski definition) is 2. The number of amides is 1. The third kappa shape index (κ3) is 2.95. The molecule has 0 unspecified atom stereocenters. The molecule has 0 atom stereocenters. The molecule has 0 bridgehead atoms. The van der Waals surface area contributed by atoms with Gasteiger partial charge in [0.15, 0.2) is 5.78 Å². The zero-order valence-corrected chi connectivity index (χ0v) is 14.1. The summed E-state index contributed by atoms with van der Waals surface area (Å²) in [6.45, 7) is 0.433. The molecule has 4 rings (SSSR count). The Morgan fingerprint density at radius 3 is 2.04 bits per heavy atom. The van der Waals surface area contributed by atoms with Gasteiger partial charge in [-0.15, -0.1) is 0 Å². The number of nitrogens with zero attached hydrogens (tertiary/aromatic N) is 1. The van der Waals surface area contributed by atoms with Gasteiger partial charge >= 0.3 is 0 Å². The van der Waals surface area contributed by atoms with Crippen molar-refractivity contribution in [2.45, 2.75) is 6.54 Å². The predicted octanol–water partition coefficient (Wildman–Crippen LogP) is 4.57. The van der Waals surface area contributed by atoms with Gasteiger partial charge in [0.25, 0.3) is 5.91 Å². The normalized spacial score (nSPS) is 14.5. The van der Waals surface area contributed by atoms with Crippen molar-refractivity contribution in [3.63, 3.8) is 0 Å². The first kappa shape index (κ1) is 16.0. The average Bonchev–Trinajstić information content (AvgIpc) is 2.95. The molecule has 1 aliphatic rings. The van der Waals surface area contributed by atoms with Gasteiger partial charge in [0.05, 0.1) is 12.2 Å². The lowest BCUT2D eigenvalue weighted by atomic mass is 10.1. The summed E-state index contributed by atoms with van der Waals surface area (Å²) in [5.41, 5.74) is 3.72. The maximum Gasteiger partial charge on any atom is 0.259 e. The Bertz CT molecular complexity index is 991. The number of ketones is 1. The second-order valence-corrected chi connectivity index (χ2v) is 6.18. The second kappa shape index (κ2) is 6.81. The topological polar surface area (TPSA) is 37.4 Å². The fourth-order valence-electron chi connectivity index (χ4n) is 3.18. The van der Waals surface area contributed by atoms with Crippen LogP contribution in [0, 0.1) is 0 Å². The molecule has 1 heterocycles. The summed E-state index contributed by atoms with van der Waals surface area (Å²) in [5.74, 6) is -0.181. The molecule has 0 saturated heterocycles. The van der Waals surface area contributed by atoms with Crippen LogP contribution in [0.25, 0.3) is 5.70 Å². The van der Waals surface area contributed by atoms with Gasteiger partial charge in [-0.2, -0.15) is 0 Å². The molecule has 0 N–H and O–H groups in total. The molecule has 0 aliphatic carbocycles. The Labute approximate surface area is 152 Å². The van der Waals surface area contributed by atoms with Crippen molar-refractivity contribution in [3.8, 4) is 0 Å². The van der Waals surface area contributed by atoms with E-state index in [4.69, 9.17) is 0 Å². The molecule has 3 heteroatoms. The van der Waals surface area contributed by atoms with E-state index in [-0.39, 0.29) is 11.7 Å². The van der Waals surface area contributed by atoms with Crippen LogP contribution >= 0.6 is 0 Å². The molecular weight excluding hydrogens is 322 g/mol. The lowest BCUT2D eigenvalue weighted by molar-refractivity contribution is 0.0843. The molecule has 3 aromatic rings. The van der Waals surface area contributed by atoms with Gasteiger partial charge in [0, 0.05) is 22.8 Å². The Balaban J connectivity index is 1.76. The number of benzene rings is 3. The molecular formula is C23H17NO2. The van der Waals surface area contributed by atoms with Gasteiger partial charge in [-0.05, 0) is 11.6 Å². The van der Waals surface area contributed by atoms with Crippen molar-refractivity contribution >= 4 is 17.4 Å². The largest absolute Gasteiger partial charge is 0.303 e. The maximum absolute atomic E-state index is 12.9. The SMILES string of the molecule is O=C(/C=C1\c2ccccc2C(=O)N1Cc1ccccc1)c1ccccc1. The van der Waals surface area contributed by atoms with E-state index >= 15 is 0 Å². The summed E-state index contributed by atoms with van der Waals surface area (Å²) in [7, 11) is 0. The molecule has 0 aromatic heterocycles. The number of hydrogen-bond donors (Lipinski definition) is 0. The zero-order valence-electron chi connectivity index (χ0n) is 14.1. The summed E-state index contributed by atoms with van der Waals surface area (Å²) in [5, 5.41) is 0. The van der Waals surface area contributed by atoms with Gasteiger partial charge < -0.3 is 4.90 Å². The van der Waals surface area contributed by atoms with Crippen molar-refractivity contribution in [2.75, 3.05) is 0 Å². The van der Waals surface area contributed by atoms with Gasteiger partial charge in [0.1, 0.15) is 0 Å². The average molecular weight is 339 g/mol. The first-order chi connectivity index (χ1) is 12.7. The number of allylic oxidation sites excluding steroid dienone is 1. The molecule has 3 aromatic carbocycles. The molecule has 0 radical (unpaired) electrons. The predicted molar refractivity (Wildman–Crippen MR) is 102 cm³/mol. The molecule has 0 fully saturated rings. The molecule has 126 valence electrons. The fraction of sp³-hybridized carbons (Fsp3) is 0.0435. The van der Waals surface area contributed by atoms with Crippen molar-refractivity contribution < 1.29 is 9.59 Å². The van der Waals surface area contributed by atoms with Crippen LogP contribution in [0.3, 0.4) is 0 Å². The summed E-state index contributed by atoms with van der Waals surface area (Å²) in [4.78, 5) is 27.3. The van der Waals surface area contributed by atoms with E-state index in [2.05, 4.69) is 0 Å². The highest BCUT2D eigenvalue weighted by Crippen LogP contribution is 2.34. The maximum atomic E-state index is 12.9. The van der Waals surface area contributed by atoms with E-state index in [9.17, 15) is 9.59 Å². The number of carbonyl (C=O) groups excluding carboxylic acids is 2. The standard InChI is InChI=1S/C23H17NO2/c25-22(18-11-5-2-6-12-18)15-21-19-13-7-8-14-20(19)23(26)24(21)16-17-9-3-1-4-10-17/h1-15H,16H2/b21-15+. The van der Waals surface area contributed by atoms with E-state index in [1.165, 1.54) is 0 Å². The smallest absolute Gasteiger partial charge is 0.259 e. The van der Waals surface area contributed by atoms with E-state index in [1.54, 1.807) is 23.1 Å². The minimum absolute atomic E-state index is 0.0726. The number of fused-ring (bicyclic) bond motifs is 1. The van der Waals surface area contributed by atoms with Crippen LogP contribution in [-0.2, 0) is 6.54 Å². The minimum Gasteiger partial charge on any atom is -0.303 e. The van der Waals surface area contributed by atoms with Gasteiger partial charge in [-0.25, -0.2) is 0 Å². The van der Waals surface area contributed by atoms with Crippen molar-refractivity contribution in [3.05, 3.63) is 113 Å². The van der Waals surface area contributed by atoms with Crippen LogP contribution < -0.4 is 0 Å². The highest BCUT2D eigenvalue weighted by molar-refractivity contribution is 6.15. The number of carbonyl (C=O) groups is 2. The van der Waals surface area contributed by atoms with Gasteiger partial charge in [-0.3, -0.25) is 9.59 Å². The van der Waals surface area contributed by atoms with Crippen molar-refractivity contribution in [1.29, 1.82) is 0 Å². The van der Waals surface area contributed by atoms with E-state index < -0.39 is 0 Å². The van der Waals surface area contributed by atoms with E-state index in [0.717, 1.165) is 11.1 Å². The van der Waals surface area contributed by atoms with Gasteiger partial charge in [0.2, 0.25) is 0 Å². The Morgan fingerprint density at radius 2 is 1.35 bits per heavy atom. The van der Waals surface area contributed by atoms with Crippen LogP contribution in [-0.4, -0.2) is 16.6 Å². The molecule has 1 amide bonds. The van der Waals surface area contributed by atoms with Crippen LogP contribution in [0.5, 0.6) is 0 Å². The summed E-state index contributed by atoms with van der Waals surface area (Å²) >= 11 is 0. The summed E-state index contributed by atoms with van der Waals surface area (Å²) in [6, 6.07) is 26.3. The Morgan fingerprint density at radius 1 is 0.769 bits per heavy atom. The van der Waals surface area contributed by atoms with Crippen LogP contribution in [0.1, 0.15) is 31.8 Å². The third-order valence-corrected chi connectivity index (χ3v) is 4.48. The quantitative estimate of drug-likeness (QED) is 0.516. The Kier molecular flexibility index (Phi) is 4.20. The third-order valence-electron chi connectivity index (χ3n) is 4.48. The lowest BCUT2D eigenvalue weighted by Gasteiger charge is -2.18. The molecule has 0 spiro atoms. The molecule has 3 nitrogen and oxygen atoms in total. The van der Waals surface area contributed by atoms with Crippen molar-refractivity contribution in [2.24, 2.45) is 0 Å². The second-order valence-electron chi connectivity index (χ2n) is 6.18. The first-order valence-corrected chi connectivity index (χ1v) is 8.50. The summed E-state index contributed by atoms with van der Waals surface area (Å²) in [6.07, 6.45) is 1.57. The van der Waals surface area contributed by atoms with Gasteiger partial charge in [-0.1, -0.05) is 78.9 Å². The molecule has 26 heavy (non-hydrogen) atoms. The highest BCUT2D eigenvalue weighted by Gasteiger charge is 2.32. The van der Waals surface area contributed by atoms with Crippen LogP contribution in [0.15, 0.2) is 91.0 Å². The van der Waals surface area contributed by atoms with Crippen molar-refractivity contribution in [1.82, 2.24) is 4.90 Å². The Hall–Kier alpha value is -3.46. The monoisotopic (exact) mass is 339 g/mol. The van der Waals surface area contributed by atoms with Crippen LogP contribution in [0.2, 0.25) is 0 Å². The summed E-state index contributed by atoms with van der Waals surface area (Å²) < 4.78 is 0. The molecule has 0 saturated carbocycles. The zero-order chi connectivity index (χ0) is 17.9. The first-order valence-electron chi connectivity index (χ1n) is 8.50. The lowest BCUT2D eigenvalue weighted by Crippen LogP contribution is -2.23. The number of rotatable bonds is 4. The minimum atomic E-state index is -0.108. The fourth-order valence-corrected chi connectivity index (χ4v) is 3.18. The van der Waals surface area contributed by atoms with E-state index in [0.29, 0.717) is 23.4 Å². The van der Waals surface area contributed by atoms with E-state index in [1.807, 2.05) is 72.8 Å². The molecule has 1 aliphatic heterocycles. The van der Waals surface area contributed by atoms with Crippen LogP contribution in [0.4, 0.5) is 0 Å². The highest BCUT2D eigenvalue weighted by atomic mass is 16.2.